The molecule has 0 saturated heterocycles. The number of aromatic amines is 1. The smallest absolute Gasteiger partial charge is 0.252 e. The van der Waals surface area contributed by atoms with Gasteiger partial charge in [-0.25, -0.2) is 9.37 Å². The summed E-state index contributed by atoms with van der Waals surface area (Å²) in [4.78, 5) is 18.1. The van der Waals surface area contributed by atoms with E-state index in [2.05, 4.69) is 20.5 Å². The monoisotopic (exact) mass is 466 g/mol. The SMILES string of the molecule is COc1ccc(-c2[nH]nc3nc(-c4ccc(F)cc4)cc(C(=O)NCCc4ccccc4)c23)cc1. The van der Waals surface area contributed by atoms with Crippen molar-refractivity contribution in [3.8, 4) is 28.3 Å². The molecule has 0 aliphatic carbocycles. The van der Waals surface area contributed by atoms with Crippen molar-refractivity contribution in [1.82, 2.24) is 20.5 Å². The second kappa shape index (κ2) is 9.77. The number of benzene rings is 3. The van der Waals surface area contributed by atoms with E-state index in [1.165, 1.54) is 12.1 Å². The van der Waals surface area contributed by atoms with Gasteiger partial charge in [-0.2, -0.15) is 5.10 Å². The highest BCUT2D eigenvalue weighted by Crippen LogP contribution is 2.32. The van der Waals surface area contributed by atoms with Crippen molar-refractivity contribution in [2.24, 2.45) is 0 Å². The molecule has 0 aliphatic heterocycles. The van der Waals surface area contributed by atoms with Crippen LogP contribution in [0, 0.1) is 5.82 Å². The number of halogens is 1. The van der Waals surface area contributed by atoms with Gasteiger partial charge >= 0.3 is 0 Å². The van der Waals surface area contributed by atoms with Crippen LogP contribution in [0.4, 0.5) is 4.39 Å². The number of ether oxygens (including phenoxy) is 1. The third kappa shape index (κ3) is 4.75. The normalized spacial score (nSPS) is 10.9. The topological polar surface area (TPSA) is 79.9 Å². The van der Waals surface area contributed by atoms with Gasteiger partial charge in [0.15, 0.2) is 5.65 Å². The van der Waals surface area contributed by atoms with Crippen molar-refractivity contribution in [1.29, 1.82) is 0 Å². The van der Waals surface area contributed by atoms with Crippen LogP contribution in [0.15, 0.2) is 84.9 Å². The van der Waals surface area contributed by atoms with E-state index < -0.39 is 0 Å². The second-order valence-electron chi connectivity index (χ2n) is 8.08. The van der Waals surface area contributed by atoms with Crippen LogP contribution in [-0.2, 0) is 6.42 Å². The third-order valence-electron chi connectivity index (χ3n) is 5.83. The van der Waals surface area contributed by atoms with E-state index >= 15 is 0 Å². The van der Waals surface area contributed by atoms with Crippen LogP contribution in [0.2, 0.25) is 0 Å². The van der Waals surface area contributed by atoms with Gasteiger partial charge in [0, 0.05) is 17.7 Å². The summed E-state index contributed by atoms with van der Waals surface area (Å²) in [5, 5.41) is 11.1. The molecular formula is C28H23FN4O2. The zero-order valence-corrected chi connectivity index (χ0v) is 19.1. The molecule has 35 heavy (non-hydrogen) atoms. The minimum absolute atomic E-state index is 0.229. The van der Waals surface area contributed by atoms with Crippen LogP contribution in [0.5, 0.6) is 5.75 Å². The molecule has 2 heterocycles. The van der Waals surface area contributed by atoms with Crippen LogP contribution in [0.1, 0.15) is 15.9 Å². The molecule has 1 amide bonds. The summed E-state index contributed by atoms with van der Waals surface area (Å²) < 4.78 is 18.7. The molecular weight excluding hydrogens is 443 g/mol. The molecule has 6 nitrogen and oxygen atoms in total. The highest BCUT2D eigenvalue weighted by Gasteiger charge is 2.20. The fourth-order valence-corrected chi connectivity index (χ4v) is 4.00. The number of hydrogen-bond donors (Lipinski definition) is 2. The Kier molecular flexibility index (Phi) is 6.22. The van der Waals surface area contributed by atoms with E-state index in [-0.39, 0.29) is 11.7 Å². The number of nitrogens with one attached hydrogen (secondary N) is 2. The fraction of sp³-hybridized carbons (Fsp3) is 0.107. The Labute approximate surface area is 201 Å². The number of methoxy groups -OCH3 is 1. The van der Waals surface area contributed by atoms with Crippen molar-refractivity contribution in [2.45, 2.75) is 6.42 Å². The first-order chi connectivity index (χ1) is 17.1. The van der Waals surface area contributed by atoms with Crippen molar-refractivity contribution in [2.75, 3.05) is 13.7 Å². The zero-order chi connectivity index (χ0) is 24.2. The molecule has 0 radical (unpaired) electrons. The molecule has 3 aromatic carbocycles. The quantitative estimate of drug-likeness (QED) is 0.336. The summed E-state index contributed by atoms with van der Waals surface area (Å²) in [5.41, 5.74) is 4.77. The molecule has 5 aromatic rings. The summed E-state index contributed by atoms with van der Waals surface area (Å²) in [7, 11) is 1.61. The summed E-state index contributed by atoms with van der Waals surface area (Å²) in [6.07, 6.45) is 0.711. The van der Waals surface area contributed by atoms with Crippen molar-refractivity contribution < 1.29 is 13.9 Å². The van der Waals surface area contributed by atoms with E-state index in [1.54, 1.807) is 25.3 Å². The van der Waals surface area contributed by atoms with Gasteiger partial charge in [-0.3, -0.25) is 9.89 Å². The van der Waals surface area contributed by atoms with Gasteiger partial charge < -0.3 is 10.1 Å². The van der Waals surface area contributed by atoms with E-state index in [0.29, 0.717) is 46.5 Å². The third-order valence-corrected chi connectivity index (χ3v) is 5.83. The van der Waals surface area contributed by atoms with Crippen LogP contribution < -0.4 is 10.1 Å². The molecule has 0 bridgehead atoms. The van der Waals surface area contributed by atoms with Crippen molar-refractivity contribution in [3.05, 3.63) is 102 Å². The van der Waals surface area contributed by atoms with Gasteiger partial charge in [0.25, 0.3) is 5.91 Å². The first-order valence-corrected chi connectivity index (χ1v) is 11.2. The van der Waals surface area contributed by atoms with Crippen LogP contribution in [0.25, 0.3) is 33.5 Å². The molecule has 0 spiro atoms. The molecule has 0 unspecified atom stereocenters. The lowest BCUT2D eigenvalue weighted by Crippen LogP contribution is -2.26. The Morgan fingerprint density at radius 2 is 1.69 bits per heavy atom. The lowest BCUT2D eigenvalue weighted by Gasteiger charge is -2.10. The summed E-state index contributed by atoms with van der Waals surface area (Å²) in [6, 6.07) is 25.2. The number of rotatable bonds is 7. The summed E-state index contributed by atoms with van der Waals surface area (Å²) in [5.74, 6) is 0.163. The van der Waals surface area contributed by atoms with Crippen LogP contribution >= 0.6 is 0 Å². The number of carbonyl (C=O) groups excluding carboxylic acids is 1. The number of aromatic nitrogens is 3. The van der Waals surface area contributed by atoms with Crippen molar-refractivity contribution in [3.63, 3.8) is 0 Å². The van der Waals surface area contributed by atoms with E-state index in [0.717, 1.165) is 16.9 Å². The Hall–Kier alpha value is -4.52. The molecule has 0 saturated carbocycles. The lowest BCUT2D eigenvalue weighted by atomic mass is 10.0. The number of fused-ring (bicyclic) bond motifs is 1. The van der Waals surface area contributed by atoms with Crippen LogP contribution in [-0.4, -0.2) is 34.7 Å². The molecule has 5 rings (SSSR count). The Morgan fingerprint density at radius 1 is 0.971 bits per heavy atom. The highest BCUT2D eigenvalue weighted by atomic mass is 19.1. The highest BCUT2D eigenvalue weighted by molar-refractivity contribution is 6.11. The minimum atomic E-state index is -0.338. The number of carbonyl (C=O) groups is 1. The average molecular weight is 467 g/mol. The first-order valence-electron chi connectivity index (χ1n) is 11.2. The van der Waals surface area contributed by atoms with E-state index in [4.69, 9.17) is 4.74 Å². The summed E-state index contributed by atoms with van der Waals surface area (Å²) in [6.45, 7) is 0.480. The Balaban J connectivity index is 1.55. The average Bonchev–Trinajstić information content (AvgIpc) is 3.33. The molecule has 174 valence electrons. The molecule has 0 aliphatic rings. The molecule has 7 heteroatoms. The zero-order valence-electron chi connectivity index (χ0n) is 19.1. The van der Waals surface area contributed by atoms with Gasteiger partial charge in [-0.05, 0) is 66.6 Å². The Morgan fingerprint density at radius 3 is 2.40 bits per heavy atom. The number of pyridine rings is 1. The molecule has 2 aromatic heterocycles. The van der Waals surface area contributed by atoms with Gasteiger partial charge in [0.1, 0.15) is 11.6 Å². The van der Waals surface area contributed by atoms with Crippen molar-refractivity contribution >= 4 is 16.9 Å². The molecule has 0 fully saturated rings. The standard InChI is InChI=1S/C28H23FN4O2/c1-35-22-13-9-20(10-14-22)26-25-23(28(34)30-16-15-18-5-3-2-4-6-18)17-24(31-27(25)33-32-26)19-7-11-21(29)12-8-19/h2-14,17H,15-16H2,1H3,(H,30,34)(H,31,32,33). The van der Waals surface area contributed by atoms with Gasteiger partial charge in [-0.1, -0.05) is 30.3 Å². The maximum absolute atomic E-state index is 13.5. The van der Waals surface area contributed by atoms with Gasteiger partial charge in [0.2, 0.25) is 0 Å². The number of amides is 1. The predicted octanol–water partition coefficient (Wildman–Crippen LogP) is 5.41. The Bertz CT molecular complexity index is 1460. The first kappa shape index (κ1) is 22.3. The van der Waals surface area contributed by atoms with E-state index in [9.17, 15) is 9.18 Å². The number of H-pyrrole nitrogens is 1. The van der Waals surface area contributed by atoms with E-state index in [1.807, 2.05) is 54.6 Å². The largest absolute Gasteiger partial charge is 0.497 e. The summed E-state index contributed by atoms with van der Waals surface area (Å²) >= 11 is 0. The predicted molar refractivity (Wildman–Crippen MR) is 134 cm³/mol. The van der Waals surface area contributed by atoms with Crippen LogP contribution in [0.3, 0.4) is 0 Å². The molecule has 2 N–H and O–H groups in total. The number of hydrogen-bond acceptors (Lipinski definition) is 4. The number of nitrogens with zero attached hydrogens (tertiary/aromatic N) is 2. The maximum atomic E-state index is 13.5. The molecule has 0 atom stereocenters. The minimum Gasteiger partial charge on any atom is -0.497 e. The second-order valence-corrected chi connectivity index (χ2v) is 8.08. The fourth-order valence-electron chi connectivity index (χ4n) is 4.00. The maximum Gasteiger partial charge on any atom is 0.252 e. The lowest BCUT2D eigenvalue weighted by molar-refractivity contribution is 0.0955. The van der Waals surface area contributed by atoms with Gasteiger partial charge in [-0.15, -0.1) is 0 Å². The van der Waals surface area contributed by atoms with Gasteiger partial charge in [0.05, 0.1) is 29.4 Å².